The van der Waals surface area contributed by atoms with Crippen molar-refractivity contribution in [3.05, 3.63) is 35.1 Å². The fraction of sp³-hybridized carbons (Fsp3) is 0.708. The van der Waals surface area contributed by atoms with E-state index in [1.807, 2.05) is 0 Å². The van der Waals surface area contributed by atoms with Crippen LogP contribution in [0.25, 0.3) is 0 Å². The lowest BCUT2D eigenvalue weighted by atomic mass is 9.69. The highest BCUT2D eigenvalue weighted by Crippen LogP contribution is 2.44. The molecule has 0 saturated heterocycles. The van der Waals surface area contributed by atoms with Gasteiger partial charge in [0.1, 0.15) is 0 Å². The first-order valence-electron chi connectivity index (χ1n) is 11.2. The lowest BCUT2D eigenvalue weighted by Crippen LogP contribution is -2.42. The van der Waals surface area contributed by atoms with Crippen LogP contribution in [0.15, 0.2) is 12.1 Å². The molecule has 5 heteroatoms. The number of unbranched alkanes of at least 4 members (excludes halogenated alkanes) is 1. The molecule has 0 aromatic heterocycles. The summed E-state index contributed by atoms with van der Waals surface area (Å²) in [5.74, 6) is -4.38. The van der Waals surface area contributed by atoms with Gasteiger partial charge in [-0.15, -0.1) is 0 Å². The molecule has 0 spiro atoms. The van der Waals surface area contributed by atoms with Gasteiger partial charge in [0.05, 0.1) is 12.0 Å². The van der Waals surface area contributed by atoms with E-state index >= 15 is 0 Å². The summed E-state index contributed by atoms with van der Waals surface area (Å²) in [6.07, 6.45) is 12.4. The first kappa shape index (κ1) is 22.2. The number of esters is 1. The second kappa shape index (κ2) is 9.53. The van der Waals surface area contributed by atoms with Crippen molar-refractivity contribution >= 4 is 5.97 Å². The van der Waals surface area contributed by atoms with Gasteiger partial charge in [-0.1, -0.05) is 58.3 Å². The summed E-state index contributed by atoms with van der Waals surface area (Å²) >= 11 is 0. The second-order valence-electron chi connectivity index (χ2n) is 9.14. The third-order valence-corrected chi connectivity index (χ3v) is 7.12. The Morgan fingerprint density at radius 3 is 2.03 bits per heavy atom. The Balaban J connectivity index is 1.82. The minimum Gasteiger partial charge on any atom is -0.464 e. The summed E-state index contributed by atoms with van der Waals surface area (Å²) in [6.45, 7) is 2.54. The summed E-state index contributed by atoms with van der Waals surface area (Å²) in [4.78, 5) is 13.3. The average molecular weight is 411 g/mol. The van der Waals surface area contributed by atoms with Gasteiger partial charge in [-0.2, -0.15) is 0 Å². The molecule has 0 amide bonds. The molecule has 2 fully saturated rings. The van der Waals surface area contributed by atoms with Gasteiger partial charge < -0.3 is 4.74 Å². The molecule has 0 heterocycles. The molecule has 2 saturated carbocycles. The maximum atomic E-state index is 13.9. The van der Waals surface area contributed by atoms with Crippen molar-refractivity contribution in [2.24, 2.45) is 5.41 Å². The predicted octanol–water partition coefficient (Wildman–Crippen LogP) is 6.99. The third-order valence-electron chi connectivity index (χ3n) is 7.12. The van der Waals surface area contributed by atoms with E-state index in [0.717, 1.165) is 76.3 Å². The van der Waals surface area contributed by atoms with Crippen LogP contribution in [0.4, 0.5) is 13.2 Å². The number of hydrogen-bond donors (Lipinski definition) is 0. The van der Waals surface area contributed by atoms with Crippen LogP contribution in [-0.4, -0.2) is 12.6 Å². The van der Waals surface area contributed by atoms with Gasteiger partial charge in [0.2, 0.25) is 0 Å². The van der Waals surface area contributed by atoms with Crippen molar-refractivity contribution < 1.29 is 22.7 Å². The van der Waals surface area contributed by atoms with Gasteiger partial charge in [0.15, 0.2) is 17.5 Å². The summed E-state index contributed by atoms with van der Waals surface area (Å²) in [5.41, 5.74) is -0.835. The Morgan fingerprint density at radius 2 is 1.48 bits per heavy atom. The number of rotatable bonds is 7. The van der Waals surface area contributed by atoms with Gasteiger partial charge >= 0.3 is 5.97 Å². The molecule has 0 unspecified atom stereocenters. The van der Waals surface area contributed by atoms with E-state index < -0.39 is 28.8 Å². The zero-order chi connectivity index (χ0) is 20.9. The van der Waals surface area contributed by atoms with E-state index in [1.54, 1.807) is 0 Å². The molecule has 3 rings (SSSR count). The minimum atomic E-state index is -1.49. The molecule has 0 N–H and O–H groups in total. The average Bonchev–Trinajstić information content (AvgIpc) is 2.75. The van der Waals surface area contributed by atoms with Crippen molar-refractivity contribution in [3.63, 3.8) is 0 Å². The van der Waals surface area contributed by atoms with Crippen LogP contribution in [0.3, 0.4) is 0 Å². The number of ether oxygens (including phenoxy) is 1. The first-order chi connectivity index (χ1) is 13.9. The quantitative estimate of drug-likeness (QED) is 0.358. The Kier molecular flexibility index (Phi) is 7.28. The monoisotopic (exact) mass is 410 g/mol. The standard InChI is InChI=1S/C24H33F3O2/c1-2-3-10-23(11-6-4-7-12-23)17-29-22(28)24(13-8-5-9-14-24)18-15-19(25)21(27)20(26)16-18/h15-16H,2-14,17H2,1H3. The molecule has 2 aliphatic carbocycles. The Labute approximate surface area is 172 Å². The van der Waals surface area contributed by atoms with Crippen LogP contribution in [0.5, 0.6) is 0 Å². The molecular weight excluding hydrogens is 377 g/mol. The van der Waals surface area contributed by atoms with E-state index in [2.05, 4.69) is 6.92 Å². The van der Waals surface area contributed by atoms with E-state index in [0.29, 0.717) is 19.4 Å². The van der Waals surface area contributed by atoms with Crippen LogP contribution < -0.4 is 0 Å². The highest BCUT2D eigenvalue weighted by atomic mass is 19.2. The topological polar surface area (TPSA) is 26.3 Å². The first-order valence-corrected chi connectivity index (χ1v) is 11.2. The molecule has 0 radical (unpaired) electrons. The number of carbonyl (C=O) groups is 1. The largest absolute Gasteiger partial charge is 0.464 e. The Hall–Kier alpha value is -1.52. The highest BCUT2D eigenvalue weighted by Gasteiger charge is 2.45. The third kappa shape index (κ3) is 4.80. The second-order valence-corrected chi connectivity index (χ2v) is 9.14. The molecule has 0 aliphatic heterocycles. The van der Waals surface area contributed by atoms with Crippen molar-refractivity contribution in [2.45, 2.75) is 95.8 Å². The summed E-state index contributed by atoms with van der Waals surface area (Å²) < 4.78 is 47.3. The van der Waals surface area contributed by atoms with E-state index in [4.69, 9.17) is 4.74 Å². The molecule has 2 aliphatic rings. The Morgan fingerprint density at radius 1 is 0.931 bits per heavy atom. The maximum Gasteiger partial charge on any atom is 0.316 e. The molecule has 2 nitrogen and oxygen atoms in total. The van der Waals surface area contributed by atoms with Crippen LogP contribution in [0.2, 0.25) is 0 Å². The van der Waals surface area contributed by atoms with Gasteiger partial charge in [0.25, 0.3) is 0 Å². The number of benzene rings is 1. The van der Waals surface area contributed by atoms with E-state index in [9.17, 15) is 18.0 Å². The van der Waals surface area contributed by atoms with Crippen molar-refractivity contribution in [3.8, 4) is 0 Å². The highest BCUT2D eigenvalue weighted by molar-refractivity contribution is 5.83. The molecule has 0 bridgehead atoms. The summed E-state index contributed by atoms with van der Waals surface area (Å²) in [5, 5.41) is 0. The lowest BCUT2D eigenvalue weighted by molar-refractivity contribution is -0.157. The smallest absolute Gasteiger partial charge is 0.316 e. The van der Waals surface area contributed by atoms with Crippen LogP contribution in [0.1, 0.15) is 96.0 Å². The summed E-state index contributed by atoms with van der Waals surface area (Å²) in [6, 6.07) is 1.97. The molecule has 29 heavy (non-hydrogen) atoms. The molecule has 1 aromatic carbocycles. The summed E-state index contributed by atoms with van der Waals surface area (Å²) in [7, 11) is 0. The lowest BCUT2D eigenvalue weighted by Gasteiger charge is -2.40. The van der Waals surface area contributed by atoms with Gasteiger partial charge in [-0.3, -0.25) is 4.79 Å². The van der Waals surface area contributed by atoms with Crippen molar-refractivity contribution in [1.82, 2.24) is 0 Å². The Bertz CT molecular complexity index is 681. The SMILES string of the molecule is CCCCC1(COC(=O)C2(c3cc(F)c(F)c(F)c3)CCCCC2)CCCCC1. The fourth-order valence-electron chi connectivity index (χ4n) is 5.27. The predicted molar refractivity (Wildman–Crippen MR) is 107 cm³/mol. The van der Waals surface area contributed by atoms with Crippen LogP contribution >= 0.6 is 0 Å². The van der Waals surface area contributed by atoms with Gasteiger partial charge in [-0.25, -0.2) is 13.2 Å². The molecule has 0 atom stereocenters. The molecule has 162 valence electrons. The van der Waals surface area contributed by atoms with Crippen LogP contribution in [0, 0.1) is 22.9 Å². The van der Waals surface area contributed by atoms with Gasteiger partial charge in [0, 0.05) is 5.41 Å². The zero-order valence-corrected chi connectivity index (χ0v) is 17.5. The minimum absolute atomic E-state index is 0.0269. The molecular formula is C24H33F3O2. The number of halogens is 3. The van der Waals surface area contributed by atoms with E-state index in [-0.39, 0.29) is 11.0 Å². The normalized spacial score (nSPS) is 21.0. The van der Waals surface area contributed by atoms with Crippen molar-refractivity contribution in [2.75, 3.05) is 6.61 Å². The number of carbonyl (C=O) groups excluding carboxylic acids is 1. The fourth-order valence-corrected chi connectivity index (χ4v) is 5.27. The maximum absolute atomic E-state index is 13.9. The van der Waals surface area contributed by atoms with Gasteiger partial charge in [-0.05, 0) is 49.8 Å². The van der Waals surface area contributed by atoms with Crippen molar-refractivity contribution in [1.29, 1.82) is 0 Å². The van der Waals surface area contributed by atoms with Crippen LogP contribution in [-0.2, 0) is 14.9 Å². The molecule has 1 aromatic rings. The van der Waals surface area contributed by atoms with E-state index in [1.165, 1.54) is 6.42 Å². The zero-order valence-electron chi connectivity index (χ0n) is 17.5. The number of hydrogen-bond acceptors (Lipinski definition) is 2.